The molecule has 0 aromatic heterocycles. The molecular weight excluding hydrogens is 424 g/mol. The van der Waals surface area contributed by atoms with E-state index in [-0.39, 0.29) is 18.9 Å². The Bertz CT molecular complexity index is 962. The van der Waals surface area contributed by atoms with Gasteiger partial charge in [0.05, 0.1) is 6.10 Å². The highest BCUT2D eigenvalue weighted by Crippen LogP contribution is 2.44. The first kappa shape index (κ1) is 24.3. The van der Waals surface area contributed by atoms with Crippen LogP contribution in [-0.2, 0) is 19.1 Å². The first-order valence-corrected chi connectivity index (χ1v) is 11.0. The van der Waals surface area contributed by atoms with Gasteiger partial charge in [-0.1, -0.05) is 55.5 Å². The standard InChI is InChI=1S/C25H30N2O6/c1-4-16(13-22(28)27-23(24(29)30)15(2)32-3)26-25(31)33-14-21-19-11-7-5-9-17(19)18-10-6-8-12-20(18)21/h5-12,15-16,21,23H,4,13-14H2,1-3H3,(H,26,31)(H,27,28)(H,29,30)/t15-,16?,23+/m1/s1. The summed E-state index contributed by atoms with van der Waals surface area (Å²) in [5.74, 6) is -1.73. The van der Waals surface area contributed by atoms with Crippen LogP contribution < -0.4 is 10.6 Å². The Morgan fingerprint density at radius 1 is 1.00 bits per heavy atom. The average molecular weight is 455 g/mol. The Labute approximate surface area is 193 Å². The quantitative estimate of drug-likeness (QED) is 0.508. The fourth-order valence-electron chi connectivity index (χ4n) is 4.08. The monoisotopic (exact) mass is 454 g/mol. The van der Waals surface area contributed by atoms with Crippen LogP contribution in [-0.4, -0.2) is 55.0 Å². The molecule has 0 spiro atoms. The lowest BCUT2D eigenvalue weighted by Crippen LogP contribution is -2.50. The molecule has 0 bridgehead atoms. The molecule has 3 rings (SSSR count). The lowest BCUT2D eigenvalue weighted by molar-refractivity contribution is -0.145. The van der Waals surface area contributed by atoms with E-state index in [1.807, 2.05) is 43.3 Å². The number of hydrogen-bond donors (Lipinski definition) is 3. The van der Waals surface area contributed by atoms with Crippen molar-refractivity contribution in [1.82, 2.24) is 10.6 Å². The number of amides is 2. The van der Waals surface area contributed by atoms with Crippen molar-refractivity contribution in [3.05, 3.63) is 59.7 Å². The number of aliphatic carboxylic acids is 1. The van der Waals surface area contributed by atoms with Crippen LogP contribution >= 0.6 is 0 Å². The number of methoxy groups -OCH3 is 1. The Kier molecular flexibility index (Phi) is 8.06. The average Bonchev–Trinajstić information content (AvgIpc) is 3.13. The van der Waals surface area contributed by atoms with E-state index in [9.17, 15) is 19.5 Å². The largest absolute Gasteiger partial charge is 0.480 e. The molecule has 33 heavy (non-hydrogen) atoms. The van der Waals surface area contributed by atoms with Gasteiger partial charge in [-0.15, -0.1) is 0 Å². The number of nitrogens with one attached hydrogen (secondary N) is 2. The van der Waals surface area contributed by atoms with Gasteiger partial charge in [0.2, 0.25) is 5.91 Å². The highest BCUT2D eigenvalue weighted by molar-refractivity contribution is 5.84. The van der Waals surface area contributed by atoms with Gasteiger partial charge < -0.3 is 25.2 Å². The predicted octanol–water partition coefficient (Wildman–Crippen LogP) is 3.30. The molecule has 1 unspecified atom stereocenters. The molecular formula is C25H30N2O6. The van der Waals surface area contributed by atoms with E-state index in [1.54, 1.807) is 6.92 Å². The fraction of sp³-hybridized carbons (Fsp3) is 0.400. The number of carbonyl (C=O) groups is 3. The van der Waals surface area contributed by atoms with Gasteiger partial charge in [0.25, 0.3) is 0 Å². The first-order valence-electron chi connectivity index (χ1n) is 11.0. The first-order chi connectivity index (χ1) is 15.8. The second-order valence-corrected chi connectivity index (χ2v) is 8.10. The molecule has 1 aliphatic carbocycles. The van der Waals surface area contributed by atoms with E-state index in [1.165, 1.54) is 7.11 Å². The minimum absolute atomic E-state index is 0.0571. The van der Waals surface area contributed by atoms with Crippen molar-refractivity contribution in [3.8, 4) is 11.1 Å². The van der Waals surface area contributed by atoms with Gasteiger partial charge in [0, 0.05) is 25.5 Å². The zero-order valence-corrected chi connectivity index (χ0v) is 19.0. The summed E-state index contributed by atoms with van der Waals surface area (Å²) in [5.41, 5.74) is 4.52. The molecule has 0 heterocycles. The van der Waals surface area contributed by atoms with Crippen LogP contribution in [0.15, 0.2) is 48.5 Å². The summed E-state index contributed by atoms with van der Waals surface area (Å²) in [4.78, 5) is 36.2. The fourth-order valence-corrected chi connectivity index (χ4v) is 4.08. The van der Waals surface area contributed by atoms with Crippen LogP contribution in [0.5, 0.6) is 0 Å². The molecule has 0 radical (unpaired) electrons. The van der Waals surface area contributed by atoms with E-state index in [0.717, 1.165) is 22.3 Å². The predicted molar refractivity (Wildman–Crippen MR) is 123 cm³/mol. The van der Waals surface area contributed by atoms with Gasteiger partial charge in [0.15, 0.2) is 6.04 Å². The maximum absolute atomic E-state index is 12.5. The molecule has 0 fully saturated rings. The highest BCUT2D eigenvalue weighted by atomic mass is 16.5. The molecule has 3 N–H and O–H groups in total. The van der Waals surface area contributed by atoms with Crippen molar-refractivity contribution >= 4 is 18.0 Å². The number of hydrogen-bond acceptors (Lipinski definition) is 5. The van der Waals surface area contributed by atoms with E-state index in [2.05, 4.69) is 22.8 Å². The minimum Gasteiger partial charge on any atom is -0.480 e. The van der Waals surface area contributed by atoms with Gasteiger partial charge in [-0.05, 0) is 35.6 Å². The zero-order valence-electron chi connectivity index (χ0n) is 19.0. The zero-order chi connectivity index (χ0) is 24.0. The Balaban J connectivity index is 1.57. The molecule has 1 aliphatic rings. The number of fused-ring (bicyclic) bond motifs is 3. The molecule has 0 saturated heterocycles. The summed E-state index contributed by atoms with van der Waals surface area (Å²) in [6.45, 7) is 3.56. The topological polar surface area (TPSA) is 114 Å². The van der Waals surface area contributed by atoms with Crippen LogP contribution in [0.3, 0.4) is 0 Å². The molecule has 2 aromatic carbocycles. The van der Waals surface area contributed by atoms with E-state index >= 15 is 0 Å². The van der Waals surface area contributed by atoms with Gasteiger partial charge in [0.1, 0.15) is 6.61 Å². The number of alkyl carbamates (subject to hydrolysis) is 1. The summed E-state index contributed by atoms with van der Waals surface area (Å²) in [5, 5.41) is 14.5. The third-order valence-corrected chi connectivity index (χ3v) is 6.01. The van der Waals surface area contributed by atoms with Crippen molar-refractivity contribution in [2.45, 2.75) is 50.8 Å². The van der Waals surface area contributed by atoms with Gasteiger partial charge in [-0.3, -0.25) is 4.79 Å². The number of carboxylic acid groups (broad SMARTS) is 1. The second-order valence-electron chi connectivity index (χ2n) is 8.10. The number of carbonyl (C=O) groups excluding carboxylic acids is 2. The Morgan fingerprint density at radius 2 is 1.58 bits per heavy atom. The minimum atomic E-state index is -1.18. The van der Waals surface area contributed by atoms with Crippen molar-refractivity contribution in [1.29, 1.82) is 0 Å². The second kappa shape index (κ2) is 11.0. The Hall–Kier alpha value is -3.39. The van der Waals surface area contributed by atoms with Crippen LogP contribution in [0.1, 0.15) is 43.7 Å². The van der Waals surface area contributed by atoms with Crippen LogP contribution in [0, 0.1) is 0 Å². The molecule has 176 valence electrons. The van der Waals surface area contributed by atoms with Crippen molar-refractivity contribution in [3.63, 3.8) is 0 Å². The van der Waals surface area contributed by atoms with E-state index < -0.39 is 36.2 Å². The smallest absolute Gasteiger partial charge is 0.407 e. The molecule has 8 heteroatoms. The number of rotatable bonds is 10. The number of benzene rings is 2. The summed E-state index contributed by atoms with van der Waals surface area (Å²) in [7, 11) is 1.38. The Morgan fingerprint density at radius 3 is 2.09 bits per heavy atom. The summed E-state index contributed by atoms with van der Waals surface area (Å²) in [6, 6.07) is 14.5. The molecule has 3 atom stereocenters. The van der Waals surface area contributed by atoms with Crippen molar-refractivity contribution in [2.24, 2.45) is 0 Å². The highest BCUT2D eigenvalue weighted by Gasteiger charge is 2.30. The van der Waals surface area contributed by atoms with Crippen molar-refractivity contribution < 1.29 is 29.0 Å². The molecule has 0 saturated carbocycles. The third-order valence-electron chi connectivity index (χ3n) is 6.01. The molecule has 2 amide bonds. The summed E-state index contributed by atoms with van der Waals surface area (Å²) < 4.78 is 10.5. The van der Waals surface area contributed by atoms with Gasteiger partial charge in [-0.2, -0.15) is 0 Å². The maximum Gasteiger partial charge on any atom is 0.407 e. The normalized spacial score (nSPS) is 15.0. The molecule has 2 aromatic rings. The summed E-state index contributed by atoms with van der Waals surface area (Å²) in [6.07, 6.45) is -0.894. The lowest BCUT2D eigenvalue weighted by atomic mass is 9.98. The molecule has 0 aliphatic heterocycles. The summed E-state index contributed by atoms with van der Waals surface area (Å²) >= 11 is 0. The van der Waals surface area contributed by atoms with E-state index in [4.69, 9.17) is 9.47 Å². The van der Waals surface area contributed by atoms with Crippen LogP contribution in [0.4, 0.5) is 4.79 Å². The van der Waals surface area contributed by atoms with E-state index in [0.29, 0.717) is 6.42 Å². The lowest BCUT2D eigenvalue weighted by Gasteiger charge is -2.22. The van der Waals surface area contributed by atoms with Gasteiger partial charge in [-0.25, -0.2) is 9.59 Å². The number of ether oxygens (including phenoxy) is 2. The van der Waals surface area contributed by atoms with Crippen molar-refractivity contribution in [2.75, 3.05) is 13.7 Å². The van der Waals surface area contributed by atoms with Gasteiger partial charge >= 0.3 is 12.1 Å². The molecule has 8 nitrogen and oxygen atoms in total. The third kappa shape index (κ3) is 5.70. The maximum atomic E-state index is 12.5. The van der Waals surface area contributed by atoms with Crippen LogP contribution in [0.25, 0.3) is 11.1 Å². The SMILES string of the molecule is CCC(CC(=O)N[C@H](C(=O)O)[C@@H](C)OC)NC(=O)OCC1c2ccccc2-c2ccccc21. The van der Waals surface area contributed by atoms with Crippen LogP contribution in [0.2, 0.25) is 0 Å². The number of carboxylic acids is 1.